The highest BCUT2D eigenvalue weighted by molar-refractivity contribution is 6.00. The summed E-state index contributed by atoms with van der Waals surface area (Å²) >= 11 is 0. The van der Waals surface area contributed by atoms with Crippen LogP contribution < -0.4 is 15.5 Å². The molecule has 5 rings (SSSR count). The Bertz CT molecular complexity index is 1420. The fourth-order valence-corrected chi connectivity index (χ4v) is 3.82. The van der Waals surface area contributed by atoms with Gasteiger partial charge in [-0.1, -0.05) is 29.4 Å². The minimum atomic E-state index is -0.649. The summed E-state index contributed by atoms with van der Waals surface area (Å²) < 4.78 is 33.0. The first-order valence-electron chi connectivity index (χ1n) is 11.4. The lowest BCUT2D eigenvalue weighted by molar-refractivity contribution is 0.0741. The molecular formula is C25H21F2N7O3. The van der Waals surface area contributed by atoms with Gasteiger partial charge in [0.25, 0.3) is 5.91 Å². The molecule has 0 bridgehead atoms. The smallest absolute Gasteiger partial charge is 0.320 e. The van der Waals surface area contributed by atoms with E-state index in [4.69, 9.17) is 4.42 Å². The summed E-state index contributed by atoms with van der Waals surface area (Å²) in [5, 5.41) is 12.6. The number of piperazine rings is 1. The Morgan fingerprint density at radius 3 is 2.30 bits per heavy atom. The Balaban J connectivity index is 1.15. The van der Waals surface area contributed by atoms with Gasteiger partial charge in [0.2, 0.25) is 0 Å². The van der Waals surface area contributed by atoms with E-state index in [1.54, 1.807) is 41.3 Å². The van der Waals surface area contributed by atoms with Crippen LogP contribution in [-0.2, 0) is 0 Å². The number of amides is 2. The van der Waals surface area contributed by atoms with Crippen molar-refractivity contribution in [1.82, 2.24) is 20.1 Å². The summed E-state index contributed by atoms with van der Waals surface area (Å²) in [6.45, 7) is 1.90. The molecule has 2 amide bonds. The molecule has 0 unspecified atom stereocenters. The van der Waals surface area contributed by atoms with Gasteiger partial charge in [0.05, 0.1) is 23.1 Å². The Labute approximate surface area is 209 Å². The maximum absolute atomic E-state index is 13.9. The molecule has 1 saturated heterocycles. The third kappa shape index (κ3) is 5.37. The van der Waals surface area contributed by atoms with Gasteiger partial charge in [-0.15, -0.1) is 5.10 Å². The first-order chi connectivity index (χ1) is 18.0. The van der Waals surface area contributed by atoms with Crippen molar-refractivity contribution >= 4 is 35.0 Å². The van der Waals surface area contributed by atoms with Crippen LogP contribution in [0.4, 0.5) is 32.0 Å². The molecule has 2 aromatic heterocycles. The molecule has 10 nitrogen and oxygen atoms in total. The van der Waals surface area contributed by atoms with Crippen molar-refractivity contribution in [3.63, 3.8) is 0 Å². The van der Waals surface area contributed by atoms with Gasteiger partial charge in [0.1, 0.15) is 17.5 Å². The van der Waals surface area contributed by atoms with Crippen molar-refractivity contribution in [2.75, 3.05) is 41.7 Å². The van der Waals surface area contributed by atoms with E-state index in [-0.39, 0.29) is 29.1 Å². The SMILES string of the molecule is O=C(Nc1ccc(N2CCN(C(=O)c3ccccc3F)CC2)nc1)c1nnc(Nc2ccccc2F)o1. The van der Waals surface area contributed by atoms with Crippen LogP contribution in [-0.4, -0.2) is 58.1 Å². The molecule has 1 aliphatic rings. The molecule has 2 aromatic carbocycles. The molecular weight excluding hydrogens is 484 g/mol. The van der Waals surface area contributed by atoms with E-state index < -0.39 is 17.5 Å². The number of benzene rings is 2. The van der Waals surface area contributed by atoms with E-state index in [2.05, 4.69) is 25.8 Å². The van der Waals surface area contributed by atoms with Crippen LogP contribution in [0.1, 0.15) is 21.0 Å². The number of aromatic nitrogens is 3. The van der Waals surface area contributed by atoms with Gasteiger partial charge in [0.15, 0.2) is 0 Å². The molecule has 0 radical (unpaired) electrons. The number of anilines is 4. The second kappa shape index (κ2) is 10.4. The molecule has 1 fully saturated rings. The molecule has 0 atom stereocenters. The lowest BCUT2D eigenvalue weighted by atomic mass is 10.1. The highest BCUT2D eigenvalue weighted by atomic mass is 19.1. The van der Waals surface area contributed by atoms with Crippen molar-refractivity contribution in [3.8, 4) is 0 Å². The van der Waals surface area contributed by atoms with Gasteiger partial charge in [-0.3, -0.25) is 9.59 Å². The summed E-state index contributed by atoms with van der Waals surface area (Å²) in [5.41, 5.74) is 0.602. The summed E-state index contributed by atoms with van der Waals surface area (Å²) in [7, 11) is 0. The van der Waals surface area contributed by atoms with Gasteiger partial charge in [-0.25, -0.2) is 13.8 Å². The van der Waals surface area contributed by atoms with E-state index in [9.17, 15) is 18.4 Å². The largest absolute Gasteiger partial charge is 0.399 e. The average molecular weight is 505 g/mol. The Morgan fingerprint density at radius 1 is 0.865 bits per heavy atom. The Morgan fingerprint density at radius 2 is 1.59 bits per heavy atom. The number of pyridine rings is 1. The molecule has 3 heterocycles. The van der Waals surface area contributed by atoms with Gasteiger partial charge >= 0.3 is 17.8 Å². The van der Waals surface area contributed by atoms with Crippen molar-refractivity contribution in [2.24, 2.45) is 0 Å². The zero-order valence-corrected chi connectivity index (χ0v) is 19.4. The van der Waals surface area contributed by atoms with Gasteiger partial charge in [0, 0.05) is 26.2 Å². The topological polar surface area (TPSA) is 116 Å². The van der Waals surface area contributed by atoms with E-state index in [0.717, 1.165) is 0 Å². The van der Waals surface area contributed by atoms with E-state index in [0.29, 0.717) is 37.7 Å². The second-order valence-corrected chi connectivity index (χ2v) is 8.14. The number of nitrogens with one attached hydrogen (secondary N) is 2. The molecule has 2 N–H and O–H groups in total. The third-order valence-electron chi connectivity index (χ3n) is 5.74. The average Bonchev–Trinajstić information content (AvgIpc) is 3.39. The maximum atomic E-state index is 13.9. The molecule has 0 aliphatic carbocycles. The minimum absolute atomic E-state index is 0.0607. The predicted molar refractivity (Wildman–Crippen MR) is 131 cm³/mol. The predicted octanol–water partition coefficient (Wildman–Crippen LogP) is 3.70. The molecule has 0 saturated carbocycles. The lowest BCUT2D eigenvalue weighted by Crippen LogP contribution is -2.49. The van der Waals surface area contributed by atoms with E-state index in [1.807, 2.05) is 4.90 Å². The van der Waals surface area contributed by atoms with Crippen LogP contribution in [0.3, 0.4) is 0 Å². The lowest BCUT2D eigenvalue weighted by Gasteiger charge is -2.35. The molecule has 188 valence electrons. The van der Waals surface area contributed by atoms with Crippen molar-refractivity contribution in [2.45, 2.75) is 0 Å². The summed E-state index contributed by atoms with van der Waals surface area (Å²) in [5.74, 6) is -1.66. The molecule has 0 spiro atoms. The fraction of sp³-hybridized carbons (Fsp3) is 0.160. The van der Waals surface area contributed by atoms with Crippen LogP contribution in [0, 0.1) is 11.6 Å². The number of hydrogen-bond donors (Lipinski definition) is 2. The zero-order chi connectivity index (χ0) is 25.8. The first-order valence-corrected chi connectivity index (χ1v) is 11.4. The standard InChI is InChI=1S/C25H21F2N7O3/c26-18-6-2-1-5-17(18)24(36)34-13-11-33(12-14-34)21-10-9-16(15-28-21)29-22(35)23-31-32-25(37-23)30-20-8-4-3-7-19(20)27/h1-10,15H,11-14H2,(H,29,35)(H,30,32). The van der Waals surface area contributed by atoms with Gasteiger partial charge in [-0.2, -0.15) is 0 Å². The summed E-state index contributed by atoms with van der Waals surface area (Å²) in [4.78, 5) is 33.1. The summed E-state index contributed by atoms with van der Waals surface area (Å²) in [6.07, 6.45) is 1.49. The monoisotopic (exact) mass is 505 g/mol. The number of halogens is 2. The van der Waals surface area contributed by atoms with Crippen molar-refractivity contribution in [3.05, 3.63) is 89.9 Å². The minimum Gasteiger partial charge on any atom is -0.399 e. The normalized spacial score (nSPS) is 13.4. The van der Waals surface area contributed by atoms with E-state index in [1.165, 1.54) is 30.5 Å². The third-order valence-corrected chi connectivity index (χ3v) is 5.74. The van der Waals surface area contributed by atoms with E-state index >= 15 is 0 Å². The highest BCUT2D eigenvalue weighted by Gasteiger charge is 2.24. The number of rotatable bonds is 6. The van der Waals surface area contributed by atoms with Crippen LogP contribution in [0.15, 0.2) is 71.3 Å². The molecule has 12 heteroatoms. The van der Waals surface area contributed by atoms with Gasteiger partial charge in [-0.05, 0) is 36.4 Å². The molecule has 1 aliphatic heterocycles. The summed E-state index contributed by atoms with van der Waals surface area (Å²) in [6, 6.07) is 15.2. The number of carbonyl (C=O) groups excluding carboxylic acids is 2. The van der Waals surface area contributed by atoms with Crippen molar-refractivity contribution < 1.29 is 22.8 Å². The zero-order valence-electron chi connectivity index (χ0n) is 19.4. The number of hydrogen-bond acceptors (Lipinski definition) is 8. The van der Waals surface area contributed by atoms with Gasteiger partial charge < -0.3 is 24.9 Å². The number of nitrogens with zero attached hydrogens (tertiary/aromatic N) is 5. The van der Waals surface area contributed by atoms with Crippen LogP contribution >= 0.6 is 0 Å². The first kappa shape index (κ1) is 23.9. The number of para-hydroxylation sites is 1. The highest BCUT2D eigenvalue weighted by Crippen LogP contribution is 2.20. The maximum Gasteiger partial charge on any atom is 0.320 e. The fourth-order valence-electron chi connectivity index (χ4n) is 3.82. The molecule has 37 heavy (non-hydrogen) atoms. The quantitative estimate of drug-likeness (QED) is 0.408. The second-order valence-electron chi connectivity index (χ2n) is 8.14. The number of carbonyl (C=O) groups is 2. The Hall–Kier alpha value is -4.87. The van der Waals surface area contributed by atoms with Crippen LogP contribution in [0.25, 0.3) is 0 Å². The van der Waals surface area contributed by atoms with Crippen LogP contribution in [0.2, 0.25) is 0 Å². The molecule has 4 aromatic rings. The van der Waals surface area contributed by atoms with Crippen molar-refractivity contribution in [1.29, 1.82) is 0 Å². The Kier molecular flexibility index (Phi) is 6.70. The van der Waals surface area contributed by atoms with Crippen LogP contribution in [0.5, 0.6) is 0 Å².